The second kappa shape index (κ2) is 5.65. The van der Waals surface area contributed by atoms with E-state index in [1.54, 1.807) is 0 Å². The van der Waals surface area contributed by atoms with Crippen LogP contribution in [0.3, 0.4) is 0 Å². The Morgan fingerprint density at radius 3 is 1.00 bits per heavy atom. The predicted octanol–water partition coefficient (Wildman–Crippen LogP) is -2.71. The Kier molecular flexibility index (Phi) is 11.1. The Balaban J connectivity index is 0. The first-order valence-corrected chi connectivity index (χ1v) is 1.64. The summed E-state index contributed by atoms with van der Waals surface area (Å²) in [5.74, 6) is 0. The Bertz CT molecular complexity index is 11.6. The quantitative estimate of drug-likeness (QED) is 0.420. The molecule has 28 valence electrons. The van der Waals surface area contributed by atoms with Gasteiger partial charge in [-0.25, -0.2) is 0 Å². The van der Waals surface area contributed by atoms with Gasteiger partial charge in [0.15, 0.2) is 0 Å². The minimum Gasteiger partial charge on any atom is -0.854 e. The van der Waals surface area contributed by atoms with Crippen LogP contribution in [0, 0.1) is 40.4 Å². The Morgan fingerprint density at radius 1 is 1.00 bits per heavy atom. The third-order valence-corrected chi connectivity index (χ3v) is 0. The molecule has 0 aliphatic rings. The van der Waals surface area contributed by atoms with Crippen LogP contribution >= 0.6 is 8.60 Å². The van der Waals surface area contributed by atoms with Gasteiger partial charge in [0.2, 0.25) is 0 Å². The van der Waals surface area contributed by atoms with Crippen molar-refractivity contribution in [3.8, 4) is 0 Å². The average Bonchev–Trinajstić information content (AvgIpc) is 0.811. The van der Waals surface area contributed by atoms with Crippen LogP contribution in [0.25, 0.3) is 0 Å². The fourth-order valence-electron chi connectivity index (χ4n) is 0. The van der Waals surface area contributed by atoms with Crippen molar-refractivity contribution in [3.05, 3.63) is 0 Å². The Labute approximate surface area is 63.1 Å². The van der Waals surface area contributed by atoms with Gasteiger partial charge in [0.1, 0.15) is 0 Å². The van der Waals surface area contributed by atoms with Crippen molar-refractivity contribution in [2.24, 2.45) is 0 Å². The zero-order chi connectivity index (χ0) is 3.58. The summed E-state index contributed by atoms with van der Waals surface area (Å²) in [6.07, 6.45) is 0. The molecule has 5 heteroatoms. The van der Waals surface area contributed by atoms with Gasteiger partial charge in [0, 0.05) is 0 Å². The van der Waals surface area contributed by atoms with Crippen molar-refractivity contribution >= 4 is 8.60 Å². The molecule has 0 N–H and O–H groups in total. The van der Waals surface area contributed by atoms with Gasteiger partial charge in [-0.1, -0.05) is 0 Å². The standard InChI is InChI=1S/O3P.Pm/c1-4(2)3;/q-3;+3. The van der Waals surface area contributed by atoms with Gasteiger partial charge >= 0.3 is 40.4 Å². The molecule has 0 unspecified atom stereocenters. The van der Waals surface area contributed by atoms with Crippen molar-refractivity contribution in [1.29, 1.82) is 0 Å². The van der Waals surface area contributed by atoms with E-state index in [1.165, 1.54) is 0 Å². The van der Waals surface area contributed by atoms with E-state index in [0.717, 1.165) is 0 Å². The van der Waals surface area contributed by atoms with E-state index in [2.05, 4.69) is 0 Å². The molecule has 0 aromatic heterocycles. The molecule has 0 amide bonds. The minimum absolute atomic E-state index is 0. The molecule has 0 rings (SSSR count). The van der Waals surface area contributed by atoms with Crippen LogP contribution in [-0.4, -0.2) is 0 Å². The van der Waals surface area contributed by atoms with Gasteiger partial charge in [0.05, 0.1) is 0 Å². The van der Waals surface area contributed by atoms with Crippen LogP contribution in [0.15, 0.2) is 0 Å². The van der Waals surface area contributed by atoms with Crippen molar-refractivity contribution in [3.63, 3.8) is 0 Å². The molecule has 0 fully saturated rings. The summed E-state index contributed by atoms with van der Waals surface area (Å²) >= 11 is 0. The zero-order valence-electron chi connectivity index (χ0n) is 2.12. The minimum atomic E-state index is -3.37. The Morgan fingerprint density at radius 2 is 1.00 bits per heavy atom. The number of hydrogen-bond donors (Lipinski definition) is 0. The van der Waals surface area contributed by atoms with Gasteiger partial charge in [-0.3, -0.25) is 0 Å². The van der Waals surface area contributed by atoms with E-state index in [-0.39, 0.29) is 40.4 Å². The maximum absolute atomic E-state index is 8.48. The second-order valence-electron chi connectivity index (χ2n) is 0.224. The van der Waals surface area contributed by atoms with Crippen LogP contribution in [-0.2, 0) is 0 Å². The van der Waals surface area contributed by atoms with Crippen molar-refractivity contribution in [2.45, 2.75) is 0 Å². The molecule has 0 aliphatic heterocycles. The molecule has 0 heterocycles. The summed E-state index contributed by atoms with van der Waals surface area (Å²) in [6, 6.07) is 0. The predicted molar refractivity (Wildman–Crippen MR) is 6.92 cm³/mol. The largest absolute Gasteiger partial charge is 3.00 e. The van der Waals surface area contributed by atoms with Gasteiger partial charge < -0.3 is 23.3 Å². The van der Waals surface area contributed by atoms with Crippen LogP contribution in [0.5, 0.6) is 0 Å². The Hall–Kier alpha value is 1.65. The van der Waals surface area contributed by atoms with E-state index < -0.39 is 8.60 Å². The van der Waals surface area contributed by atoms with Crippen molar-refractivity contribution < 1.29 is 55.1 Å². The van der Waals surface area contributed by atoms with E-state index in [4.69, 9.17) is 14.7 Å². The molecular formula is O3PPm. The van der Waals surface area contributed by atoms with Crippen LogP contribution in [0.1, 0.15) is 0 Å². The third kappa shape index (κ3) is 27.7. The molecule has 0 radical (unpaired) electrons. The molecule has 0 aliphatic carbocycles. The van der Waals surface area contributed by atoms with Gasteiger partial charge in [-0.15, -0.1) is 0 Å². The van der Waals surface area contributed by atoms with Crippen LogP contribution in [0.2, 0.25) is 0 Å². The molecule has 0 atom stereocenters. The fraction of sp³-hybridized carbons (Fsp3) is 0. The molecular weight excluding hydrogens is 224 g/mol. The maximum atomic E-state index is 8.48. The van der Waals surface area contributed by atoms with E-state index in [9.17, 15) is 0 Å². The average molecular weight is 224 g/mol. The summed E-state index contributed by atoms with van der Waals surface area (Å²) < 4.78 is 0. The van der Waals surface area contributed by atoms with Gasteiger partial charge in [0.25, 0.3) is 0 Å². The fourth-order valence-corrected chi connectivity index (χ4v) is 0. The number of rotatable bonds is 0. The van der Waals surface area contributed by atoms with Crippen LogP contribution < -0.4 is 14.7 Å². The normalized spacial score (nSPS) is 7.20. The van der Waals surface area contributed by atoms with Crippen molar-refractivity contribution in [2.75, 3.05) is 0 Å². The maximum Gasteiger partial charge on any atom is 3.00 e. The SMILES string of the molecule is [O-]P([O-])[O-].[Pm+3]. The monoisotopic (exact) mass is 224 g/mol. The molecule has 0 saturated heterocycles. The summed E-state index contributed by atoms with van der Waals surface area (Å²) in [7, 11) is -3.37. The summed E-state index contributed by atoms with van der Waals surface area (Å²) in [5.41, 5.74) is 0. The van der Waals surface area contributed by atoms with Gasteiger partial charge in [-0.2, -0.15) is 0 Å². The van der Waals surface area contributed by atoms with E-state index >= 15 is 0 Å². The molecule has 0 aromatic rings. The molecule has 3 nitrogen and oxygen atoms in total. The first kappa shape index (κ1) is 9.82. The first-order chi connectivity index (χ1) is 1.73. The number of hydrogen-bond acceptors (Lipinski definition) is 3. The molecule has 0 aromatic carbocycles. The zero-order valence-corrected chi connectivity index (χ0v) is 5.88. The second-order valence-corrected chi connectivity index (χ2v) is 0.671. The molecule has 5 heavy (non-hydrogen) atoms. The summed E-state index contributed by atoms with van der Waals surface area (Å²) in [4.78, 5) is 25.4. The smallest absolute Gasteiger partial charge is 0.854 e. The summed E-state index contributed by atoms with van der Waals surface area (Å²) in [5, 5.41) is 0. The van der Waals surface area contributed by atoms with Crippen molar-refractivity contribution in [1.82, 2.24) is 0 Å². The first-order valence-electron chi connectivity index (χ1n) is 0.548. The summed E-state index contributed by atoms with van der Waals surface area (Å²) in [6.45, 7) is 0. The molecule has 0 spiro atoms. The van der Waals surface area contributed by atoms with Gasteiger partial charge in [-0.05, 0) is 0 Å². The van der Waals surface area contributed by atoms with E-state index in [1.807, 2.05) is 0 Å². The third-order valence-electron chi connectivity index (χ3n) is 0. The van der Waals surface area contributed by atoms with E-state index in [0.29, 0.717) is 0 Å². The topological polar surface area (TPSA) is 69.2 Å². The molecule has 0 bridgehead atoms. The molecule has 0 saturated carbocycles. The van der Waals surface area contributed by atoms with Crippen LogP contribution in [0.4, 0.5) is 0 Å².